The monoisotopic (exact) mass is 465 g/mol. The number of benzene rings is 2. The molecule has 1 aromatic heterocycles. The maximum absolute atomic E-state index is 13.7. The van der Waals surface area contributed by atoms with Crippen molar-refractivity contribution in [3.05, 3.63) is 68.6 Å². The zero-order chi connectivity index (χ0) is 24.4. The topological polar surface area (TPSA) is 89.2 Å². The molecule has 0 bridgehead atoms. The van der Waals surface area contributed by atoms with E-state index in [1.54, 1.807) is 18.1 Å². The number of nitrogens with zero attached hydrogens (tertiary/aromatic N) is 1. The summed E-state index contributed by atoms with van der Waals surface area (Å²) in [4.78, 5) is 28.7. The van der Waals surface area contributed by atoms with E-state index in [0.29, 0.717) is 41.1 Å². The lowest BCUT2D eigenvalue weighted by molar-refractivity contribution is 0.0716. The van der Waals surface area contributed by atoms with Gasteiger partial charge in [-0.05, 0) is 61.6 Å². The first-order valence-electron chi connectivity index (χ1n) is 11.7. The van der Waals surface area contributed by atoms with Crippen molar-refractivity contribution in [2.24, 2.45) is 0 Å². The molecule has 0 saturated carbocycles. The maximum Gasteiger partial charge on any atom is 0.290 e. The number of unbranched alkanes of at least 4 members (excludes halogenated alkanes) is 1. The Hall–Kier alpha value is -3.32. The lowest BCUT2D eigenvalue weighted by Gasteiger charge is -2.25. The first-order chi connectivity index (χ1) is 16.4. The van der Waals surface area contributed by atoms with E-state index >= 15 is 0 Å². The number of aliphatic hydroxyl groups is 1. The second kappa shape index (κ2) is 9.89. The number of ether oxygens (including phenoxy) is 2. The van der Waals surface area contributed by atoms with Crippen LogP contribution in [0.25, 0.3) is 11.0 Å². The quantitative estimate of drug-likeness (QED) is 0.467. The number of fused-ring (bicyclic) bond motifs is 2. The van der Waals surface area contributed by atoms with Crippen LogP contribution in [-0.2, 0) is 0 Å². The lowest BCUT2D eigenvalue weighted by Crippen LogP contribution is -2.31. The number of aliphatic hydroxyl groups excluding tert-OH is 1. The molecule has 0 spiro atoms. The van der Waals surface area contributed by atoms with Gasteiger partial charge >= 0.3 is 0 Å². The Labute approximate surface area is 198 Å². The van der Waals surface area contributed by atoms with E-state index in [4.69, 9.17) is 13.9 Å². The Morgan fingerprint density at radius 3 is 2.59 bits per heavy atom. The van der Waals surface area contributed by atoms with Gasteiger partial charge in [-0.15, -0.1) is 0 Å². The van der Waals surface area contributed by atoms with Crippen molar-refractivity contribution in [2.75, 3.05) is 26.9 Å². The van der Waals surface area contributed by atoms with Gasteiger partial charge < -0.3 is 23.9 Å². The largest absolute Gasteiger partial charge is 0.493 e. The summed E-state index contributed by atoms with van der Waals surface area (Å²) in [6, 6.07) is 8.57. The van der Waals surface area contributed by atoms with Crippen LogP contribution in [0.2, 0.25) is 0 Å². The summed E-state index contributed by atoms with van der Waals surface area (Å²) in [5.41, 5.74) is 3.02. The minimum atomic E-state index is -0.644. The number of aryl methyl sites for hydroxylation is 2. The average Bonchev–Trinajstić information content (AvgIpc) is 3.10. The first kappa shape index (κ1) is 23.8. The molecule has 1 aliphatic rings. The van der Waals surface area contributed by atoms with Crippen LogP contribution < -0.4 is 14.9 Å². The third-order valence-electron chi connectivity index (χ3n) is 6.21. The zero-order valence-electron chi connectivity index (χ0n) is 20.1. The maximum atomic E-state index is 13.7. The van der Waals surface area contributed by atoms with Crippen molar-refractivity contribution in [3.63, 3.8) is 0 Å². The number of hydrogen-bond donors (Lipinski definition) is 1. The molecule has 1 aliphatic heterocycles. The summed E-state index contributed by atoms with van der Waals surface area (Å²) in [6.45, 7) is 6.69. The molecule has 180 valence electrons. The summed E-state index contributed by atoms with van der Waals surface area (Å²) in [6.07, 6.45) is 2.33. The molecule has 0 aliphatic carbocycles. The van der Waals surface area contributed by atoms with Crippen LogP contribution in [0.4, 0.5) is 0 Å². The summed E-state index contributed by atoms with van der Waals surface area (Å²) in [5.74, 6) is 0.862. The van der Waals surface area contributed by atoms with Crippen molar-refractivity contribution in [3.8, 4) is 11.5 Å². The summed E-state index contributed by atoms with van der Waals surface area (Å²) >= 11 is 0. The fourth-order valence-corrected chi connectivity index (χ4v) is 4.59. The predicted molar refractivity (Wildman–Crippen MR) is 130 cm³/mol. The van der Waals surface area contributed by atoms with E-state index in [2.05, 4.69) is 6.92 Å². The van der Waals surface area contributed by atoms with Crippen molar-refractivity contribution >= 4 is 16.9 Å². The third-order valence-corrected chi connectivity index (χ3v) is 6.21. The molecule has 1 amide bonds. The fraction of sp³-hybridized carbons (Fsp3) is 0.407. The molecule has 2 aromatic carbocycles. The van der Waals surface area contributed by atoms with Crippen LogP contribution in [0.5, 0.6) is 11.5 Å². The normalized spacial score (nSPS) is 15.1. The van der Waals surface area contributed by atoms with Crippen LogP contribution in [-0.4, -0.2) is 42.8 Å². The molecule has 1 atom stereocenters. The third kappa shape index (κ3) is 4.16. The minimum absolute atomic E-state index is 0.0645. The van der Waals surface area contributed by atoms with Gasteiger partial charge in [-0.1, -0.05) is 25.5 Å². The molecular weight excluding hydrogens is 434 g/mol. The summed E-state index contributed by atoms with van der Waals surface area (Å²) in [7, 11) is 1.57. The standard InChI is InChI=1S/C27H31NO6/c1-5-6-12-33-20-9-8-18(15-21(20)32-4)23-22-24(30)19-14-16(2)13-17(3)25(19)34-26(22)27(31)28(23)10-7-11-29/h8-9,13-15,23,29H,5-7,10-12H2,1-4H3. The van der Waals surface area contributed by atoms with E-state index in [-0.39, 0.29) is 30.2 Å². The van der Waals surface area contributed by atoms with E-state index in [9.17, 15) is 14.7 Å². The average molecular weight is 466 g/mol. The van der Waals surface area contributed by atoms with Gasteiger partial charge in [0.2, 0.25) is 5.76 Å². The number of rotatable bonds is 9. The SMILES string of the molecule is CCCCOc1ccc(C2c3c(oc4c(C)cc(C)cc4c3=O)C(=O)N2CCCO)cc1OC. The Balaban J connectivity index is 1.88. The van der Waals surface area contributed by atoms with Gasteiger partial charge in [-0.3, -0.25) is 9.59 Å². The van der Waals surface area contributed by atoms with Gasteiger partial charge in [0, 0.05) is 13.2 Å². The summed E-state index contributed by atoms with van der Waals surface area (Å²) < 4.78 is 17.5. The number of amides is 1. The van der Waals surface area contributed by atoms with Crippen LogP contribution in [0, 0.1) is 13.8 Å². The van der Waals surface area contributed by atoms with Gasteiger partial charge in [-0.2, -0.15) is 0 Å². The number of methoxy groups -OCH3 is 1. The van der Waals surface area contributed by atoms with Crippen molar-refractivity contribution in [2.45, 2.75) is 46.1 Å². The number of carbonyl (C=O) groups is 1. The van der Waals surface area contributed by atoms with E-state index in [1.807, 2.05) is 38.1 Å². The minimum Gasteiger partial charge on any atom is -0.493 e. The Kier molecular flexibility index (Phi) is 6.93. The summed E-state index contributed by atoms with van der Waals surface area (Å²) in [5, 5.41) is 9.89. The van der Waals surface area contributed by atoms with Crippen molar-refractivity contribution < 1.29 is 23.8 Å². The van der Waals surface area contributed by atoms with Crippen molar-refractivity contribution in [1.29, 1.82) is 0 Å². The molecule has 0 saturated heterocycles. The molecule has 2 heterocycles. The Bertz CT molecular complexity index is 1280. The lowest BCUT2D eigenvalue weighted by atomic mass is 9.97. The highest BCUT2D eigenvalue weighted by molar-refractivity contribution is 5.99. The van der Waals surface area contributed by atoms with Gasteiger partial charge in [-0.25, -0.2) is 0 Å². The van der Waals surface area contributed by atoms with Gasteiger partial charge in [0.05, 0.1) is 30.7 Å². The van der Waals surface area contributed by atoms with E-state index in [1.165, 1.54) is 0 Å². The van der Waals surface area contributed by atoms with Gasteiger partial charge in [0.25, 0.3) is 5.91 Å². The highest BCUT2D eigenvalue weighted by Gasteiger charge is 2.42. The Morgan fingerprint density at radius 2 is 1.88 bits per heavy atom. The second-order valence-corrected chi connectivity index (χ2v) is 8.72. The molecule has 1 N–H and O–H groups in total. The van der Waals surface area contributed by atoms with Gasteiger partial charge in [0.1, 0.15) is 5.58 Å². The second-order valence-electron chi connectivity index (χ2n) is 8.72. The highest BCUT2D eigenvalue weighted by Crippen LogP contribution is 2.41. The van der Waals surface area contributed by atoms with E-state index in [0.717, 1.165) is 29.5 Å². The molecule has 7 nitrogen and oxygen atoms in total. The molecular formula is C27H31NO6. The van der Waals surface area contributed by atoms with Crippen LogP contribution >= 0.6 is 0 Å². The molecule has 0 fully saturated rings. The van der Waals surface area contributed by atoms with Crippen LogP contribution in [0.15, 0.2) is 39.5 Å². The molecule has 3 aromatic rings. The van der Waals surface area contributed by atoms with Crippen LogP contribution in [0.1, 0.15) is 65.0 Å². The van der Waals surface area contributed by atoms with Gasteiger partial charge in [0.15, 0.2) is 16.9 Å². The number of hydrogen-bond acceptors (Lipinski definition) is 6. The van der Waals surface area contributed by atoms with Crippen LogP contribution in [0.3, 0.4) is 0 Å². The fourth-order valence-electron chi connectivity index (χ4n) is 4.59. The van der Waals surface area contributed by atoms with Crippen molar-refractivity contribution in [1.82, 2.24) is 4.90 Å². The molecule has 7 heteroatoms. The molecule has 0 radical (unpaired) electrons. The molecule has 4 rings (SSSR count). The first-order valence-corrected chi connectivity index (χ1v) is 11.7. The van der Waals surface area contributed by atoms with E-state index < -0.39 is 6.04 Å². The molecule has 34 heavy (non-hydrogen) atoms. The smallest absolute Gasteiger partial charge is 0.290 e. The zero-order valence-corrected chi connectivity index (χ0v) is 20.1. The predicted octanol–water partition coefficient (Wildman–Crippen LogP) is 4.52. The molecule has 1 unspecified atom stereocenters. The number of carbonyl (C=O) groups excluding carboxylic acids is 1. The highest BCUT2D eigenvalue weighted by atomic mass is 16.5. The Morgan fingerprint density at radius 1 is 1.09 bits per heavy atom.